The third kappa shape index (κ3) is 3.55. The van der Waals surface area contributed by atoms with Gasteiger partial charge in [0.2, 0.25) is 0 Å². The first kappa shape index (κ1) is 17.5. The summed E-state index contributed by atoms with van der Waals surface area (Å²) in [6.07, 6.45) is 7.20. The van der Waals surface area contributed by atoms with Gasteiger partial charge in [-0.3, -0.25) is 9.48 Å². The summed E-state index contributed by atoms with van der Waals surface area (Å²) in [5, 5.41) is 14.5. The Morgan fingerprint density at radius 2 is 2.12 bits per heavy atom. The monoisotopic (exact) mass is 342 g/mol. The van der Waals surface area contributed by atoms with E-state index in [9.17, 15) is 9.90 Å². The molecule has 1 aromatic heterocycles. The number of carbonyl (C=O) groups is 1. The Hall–Kier alpha value is -2.30. The fraction of sp³-hybridized carbons (Fsp3) is 0.500. The van der Waals surface area contributed by atoms with E-state index in [2.05, 4.69) is 22.8 Å². The van der Waals surface area contributed by atoms with Crippen LogP contribution in [0, 0.1) is 12.8 Å². The van der Waals surface area contributed by atoms with Crippen molar-refractivity contribution in [2.24, 2.45) is 5.92 Å². The molecule has 25 heavy (non-hydrogen) atoms. The molecule has 1 aliphatic rings. The number of phenols is 1. The Morgan fingerprint density at radius 3 is 2.88 bits per heavy atom. The van der Waals surface area contributed by atoms with Crippen molar-refractivity contribution in [3.8, 4) is 11.5 Å². The molecular weight excluding hydrogens is 316 g/mol. The Balaban J connectivity index is 1.77. The molecule has 5 heteroatoms. The Kier molecular flexibility index (Phi) is 5.41. The lowest BCUT2D eigenvalue weighted by molar-refractivity contribution is 0.111. The first-order valence-electron chi connectivity index (χ1n) is 9.08. The number of aromatic nitrogens is 2. The highest BCUT2D eigenvalue weighted by Gasteiger charge is 2.29. The van der Waals surface area contributed by atoms with Gasteiger partial charge in [0.15, 0.2) is 6.29 Å². The van der Waals surface area contributed by atoms with Crippen molar-refractivity contribution in [1.82, 2.24) is 9.78 Å². The topological polar surface area (TPSA) is 64.3 Å². The lowest BCUT2D eigenvalue weighted by Gasteiger charge is -2.32. The average Bonchev–Trinajstić information content (AvgIpc) is 3.11. The number of ether oxygens (including phenoxy) is 1. The number of benzene rings is 1. The van der Waals surface area contributed by atoms with Gasteiger partial charge in [-0.25, -0.2) is 0 Å². The summed E-state index contributed by atoms with van der Waals surface area (Å²) in [7, 11) is 0. The molecule has 0 radical (unpaired) electrons. The molecule has 5 nitrogen and oxygen atoms in total. The van der Waals surface area contributed by atoms with E-state index in [0.717, 1.165) is 19.4 Å². The van der Waals surface area contributed by atoms with E-state index >= 15 is 0 Å². The molecule has 134 valence electrons. The van der Waals surface area contributed by atoms with Crippen LogP contribution in [0.1, 0.15) is 60.1 Å². The molecule has 2 unspecified atom stereocenters. The predicted molar refractivity (Wildman–Crippen MR) is 96.3 cm³/mol. The number of hydrogen-bond acceptors (Lipinski definition) is 4. The molecule has 0 saturated heterocycles. The summed E-state index contributed by atoms with van der Waals surface area (Å²) in [4.78, 5) is 11.3. The van der Waals surface area contributed by atoms with Gasteiger partial charge in [-0.15, -0.1) is 0 Å². The van der Waals surface area contributed by atoms with Crippen molar-refractivity contribution >= 4 is 6.29 Å². The molecule has 0 spiro atoms. The summed E-state index contributed by atoms with van der Waals surface area (Å²) in [5.41, 5.74) is 2.20. The fourth-order valence-electron chi connectivity index (χ4n) is 3.85. The van der Waals surface area contributed by atoms with Gasteiger partial charge in [0.05, 0.1) is 12.2 Å². The largest absolute Gasteiger partial charge is 0.507 e. The van der Waals surface area contributed by atoms with Crippen molar-refractivity contribution in [3.05, 3.63) is 41.2 Å². The van der Waals surface area contributed by atoms with Crippen LogP contribution in [-0.4, -0.2) is 27.8 Å². The summed E-state index contributed by atoms with van der Waals surface area (Å²) in [6, 6.07) is 5.66. The second kappa shape index (κ2) is 7.72. The second-order valence-corrected chi connectivity index (χ2v) is 6.79. The smallest absolute Gasteiger partial charge is 0.157 e. The van der Waals surface area contributed by atoms with E-state index in [1.807, 2.05) is 6.20 Å². The van der Waals surface area contributed by atoms with Gasteiger partial charge in [-0.05, 0) is 44.4 Å². The van der Waals surface area contributed by atoms with E-state index in [4.69, 9.17) is 4.74 Å². The van der Waals surface area contributed by atoms with Crippen LogP contribution in [0.2, 0.25) is 0 Å². The number of aryl methyl sites for hydroxylation is 2. The lowest BCUT2D eigenvalue weighted by Crippen LogP contribution is -2.26. The Bertz CT molecular complexity index is 739. The number of carbonyl (C=O) groups excluding carboxylic acids is 1. The highest BCUT2D eigenvalue weighted by Crippen LogP contribution is 2.38. The number of aldehydes is 1. The Labute approximate surface area is 148 Å². The summed E-state index contributed by atoms with van der Waals surface area (Å²) >= 11 is 0. The van der Waals surface area contributed by atoms with E-state index in [1.54, 1.807) is 19.1 Å². The molecule has 0 bridgehead atoms. The Morgan fingerprint density at radius 1 is 1.32 bits per heavy atom. The van der Waals surface area contributed by atoms with Crippen molar-refractivity contribution in [1.29, 1.82) is 0 Å². The van der Waals surface area contributed by atoms with Crippen LogP contribution < -0.4 is 4.74 Å². The summed E-state index contributed by atoms with van der Waals surface area (Å²) < 4.78 is 8.05. The highest BCUT2D eigenvalue weighted by molar-refractivity contribution is 5.84. The molecular formula is C20H26N2O3. The molecule has 2 atom stereocenters. The number of nitrogens with zero attached hydrogens (tertiary/aromatic N) is 2. The van der Waals surface area contributed by atoms with Crippen molar-refractivity contribution in [2.75, 3.05) is 6.61 Å². The minimum atomic E-state index is 0.0109. The number of rotatable bonds is 6. The van der Waals surface area contributed by atoms with Crippen molar-refractivity contribution < 1.29 is 14.6 Å². The van der Waals surface area contributed by atoms with E-state index in [0.29, 0.717) is 36.0 Å². The maximum Gasteiger partial charge on any atom is 0.157 e. The highest BCUT2D eigenvalue weighted by atomic mass is 16.5. The zero-order valence-electron chi connectivity index (χ0n) is 14.9. The van der Waals surface area contributed by atoms with Crippen LogP contribution in [-0.2, 0) is 6.54 Å². The minimum absolute atomic E-state index is 0.0109. The number of aromatic hydroxyl groups is 1. The third-order valence-electron chi connectivity index (χ3n) is 5.29. The van der Waals surface area contributed by atoms with Crippen LogP contribution in [0.4, 0.5) is 0 Å². The number of phenolic OH excluding ortho intramolecular Hbond substituents is 1. The average molecular weight is 342 g/mol. The SMILES string of the molecule is CCn1nccc1C1CCCCC1COc1ccc(C)c(O)c1C=O. The standard InChI is InChI=1S/C20H26N2O3/c1-3-22-18(10-11-21-22)16-7-5-4-6-15(16)13-25-19-9-8-14(2)20(24)17(19)12-23/h8-12,15-16,24H,3-7,13H2,1-2H3. The predicted octanol–water partition coefficient (Wildman–Crippen LogP) is 4.08. The summed E-state index contributed by atoms with van der Waals surface area (Å²) in [6.45, 7) is 5.29. The van der Waals surface area contributed by atoms with Crippen LogP contribution in [0.15, 0.2) is 24.4 Å². The maximum absolute atomic E-state index is 11.3. The van der Waals surface area contributed by atoms with Gasteiger partial charge >= 0.3 is 0 Å². The van der Waals surface area contributed by atoms with Gasteiger partial charge in [0, 0.05) is 30.3 Å². The molecule has 1 fully saturated rings. The van der Waals surface area contributed by atoms with Crippen LogP contribution >= 0.6 is 0 Å². The van der Waals surface area contributed by atoms with Gasteiger partial charge in [-0.2, -0.15) is 5.10 Å². The van der Waals surface area contributed by atoms with Crippen LogP contribution in [0.5, 0.6) is 11.5 Å². The molecule has 2 aromatic rings. The molecule has 0 aliphatic heterocycles. The second-order valence-electron chi connectivity index (χ2n) is 6.79. The fourth-order valence-corrected chi connectivity index (χ4v) is 3.85. The molecule has 1 heterocycles. The molecule has 1 aliphatic carbocycles. The van der Waals surface area contributed by atoms with E-state index < -0.39 is 0 Å². The van der Waals surface area contributed by atoms with E-state index in [1.165, 1.54) is 18.5 Å². The van der Waals surface area contributed by atoms with Gasteiger partial charge in [0.1, 0.15) is 11.5 Å². The van der Waals surface area contributed by atoms with Crippen molar-refractivity contribution in [2.45, 2.75) is 52.0 Å². The summed E-state index contributed by atoms with van der Waals surface area (Å²) in [5.74, 6) is 1.29. The minimum Gasteiger partial charge on any atom is -0.507 e. The molecule has 1 aromatic carbocycles. The quantitative estimate of drug-likeness (QED) is 0.803. The first-order chi connectivity index (χ1) is 12.2. The van der Waals surface area contributed by atoms with Gasteiger partial charge in [0.25, 0.3) is 0 Å². The molecule has 3 rings (SSSR count). The lowest BCUT2D eigenvalue weighted by atomic mass is 9.78. The third-order valence-corrected chi connectivity index (χ3v) is 5.29. The first-order valence-corrected chi connectivity index (χ1v) is 9.08. The van der Waals surface area contributed by atoms with Crippen LogP contribution in [0.25, 0.3) is 0 Å². The zero-order valence-corrected chi connectivity index (χ0v) is 14.9. The van der Waals surface area contributed by atoms with Crippen molar-refractivity contribution in [3.63, 3.8) is 0 Å². The normalized spacial score (nSPS) is 20.4. The van der Waals surface area contributed by atoms with Crippen LogP contribution in [0.3, 0.4) is 0 Å². The number of hydrogen-bond donors (Lipinski definition) is 1. The van der Waals surface area contributed by atoms with Gasteiger partial charge in [-0.1, -0.05) is 18.9 Å². The van der Waals surface area contributed by atoms with Gasteiger partial charge < -0.3 is 9.84 Å². The maximum atomic E-state index is 11.3. The molecule has 1 saturated carbocycles. The van der Waals surface area contributed by atoms with E-state index in [-0.39, 0.29) is 11.3 Å². The molecule has 0 amide bonds. The zero-order chi connectivity index (χ0) is 17.8. The molecule has 1 N–H and O–H groups in total.